The van der Waals surface area contributed by atoms with Crippen LogP contribution in [0.25, 0.3) is 10.9 Å². The van der Waals surface area contributed by atoms with E-state index in [2.05, 4.69) is 21.4 Å². The molecule has 0 bridgehead atoms. The Morgan fingerprint density at radius 2 is 2.17 bits per heavy atom. The average molecular weight is 326 g/mol. The van der Waals surface area contributed by atoms with E-state index in [-0.39, 0.29) is 17.6 Å². The Labute approximate surface area is 139 Å². The van der Waals surface area contributed by atoms with Crippen molar-refractivity contribution in [2.75, 3.05) is 5.75 Å². The molecule has 1 saturated carbocycles. The lowest BCUT2D eigenvalue weighted by molar-refractivity contribution is -0.119. The van der Waals surface area contributed by atoms with Gasteiger partial charge in [0.2, 0.25) is 5.91 Å². The first-order valence-electron chi connectivity index (χ1n) is 7.60. The van der Waals surface area contributed by atoms with E-state index in [0.29, 0.717) is 5.82 Å². The number of aromatic nitrogens is 2. The zero-order chi connectivity index (χ0) is 16.4. The third-order valence-corrected chi connectivity index (χ3v) is 5.04. The van der Waals surface area contributed by atoms with E-state index >= 15 is 0 Å². The van der Waals surface area contributed by atoms with Gasteiger partial charge in [0, 0.05) is 5.39 Å². The number of fused-ring (bicyclic) bond motifs is 1. The molecule has 1 N–H and O–H groups in total. The first kappa shape index (κ1) is 15.8. The number of nitrogens with zero attached hydrogens (tertiary/aromatic N) is 3. The van der Waals surface area contributed by atoms with E-state index in [9.17, 15) is 10.1 Å². The normalized spacial score (nSPS) is 16.6. The molecule has 1 fully saturated rings. The highest BCUT2D eigenvalue weighted by Gasteiger charge is 2.42. The second-order valence-electron chi connectivity index (χ2n) is 6.02. The molecule has 6 heteroatoms. The Morgan fingerprint density at radius 1 is 1.43 bits per heavy atom. The van der Waals surface area contributed by atoms with Crippen LogP contribution in [0, 0.1) is 24.2 Å². The van der Waals surface area contributed by atoms with Gasteiger partial charge in [-0.25, -0.2) is 9.97 Å². The van der Waals surface area contributed by atoms with Crippen LogP contribution in [0.3, 0.4) is 0 Å². The number of hydrogen-bond donors (Lipinski definition) is 1. The van der Waals surface area contributed by atoms with E-state index in [1.165, 1.54) is 11.8 Å². The number of amides is 1. The molecule has 5 nitrogen and oxygen atoms in total. The van der Waals surface area contributed by atoms with E-state index in [1.807, 2.05) is 31.2 Å². The number of para-hydroxylation sites is 1. The van der Waals surface area contributed by atoms with Crippen LogP contribution in [-0.2, 0) is 4.79 Å². The summed E-state index contributed by atoms with van der Waals surface area (Å²) in [6.07, 6.45) is 2.01. The van der Waals surface area contributed by atoms with Gasteiger partial charge in [-0.2, -0.15) is 5.26 Å². The zero-order valence-corrected chi connectivity index (χ0v) is 14.0. The van der Waals surface area contributed by atoms with E-state index in [1.54, 1.807) is 6.92 Å². The lowest BCUT2D eigenvalue weighted by atomic mass is 9.98. The fraction of sp³-hybridized carbons (Fsp3) is 0.412. The summed E-state index contributed by atoms with van der Waals surface area (Å²) >= 11 is 1.38. The Bertz CT molecular complexity index is 797. The van der Waals surface area contributed by atoms with Gasteiger partial charge in [-0.05, 0) is 38.7 Å². The number of rotatable bonds is 5. The second kappa shape index (κ2) is 6.17. The largest absolute Gasteiger partial charge is 0.337 e. The maximum atomic E-state index is 12.2. The van der Waals surface area contributed by atoms with Crippen molar-refractivity contribution in [2.24, 2.45) is 5.92 Å². The lowest BCUT2D eigenvalue weighted by Crippen LogP contribution is -2.47. The summed E-state index contributed by atoms with van der Waals surface area (Å²) in [5.74, 6) is 1.08. The van der Waals surface area contributed by atoms with Gasteiger partial charge in [-0.15, -0.1) is 0 Å². The molecule has 1 aromatic heterocycles. The van der Waals surface area contributed by atoms with Crippen molar-refractivity contribution in [3.63, 3.8) is 0 Å². The summed E-state index contributed by atoms with van der Waals surface area (Å²) in [5, 5.41) is 13.9. The van der Waals surface area contributed by atoms with Gasteiger partial charge < -0.3 is 5.32 Å². The van der Waals surface area contributed by atoms with Crippen LogP contribution in [0.1, 0.15) is 25.6 Å². The van der Waals surface area contributed by atoms with Crippen LogP contribution in [0.4, 0.5) is 0 Å². The molecule has 0 saturated heterocycles. The summed E-state index contributed by atoms with van der Waals surface area (Å²) in [6, 6.07) is 10.0. The molecule has 2 aromatic rings. The summed E-state index contributed by atoms with van der Waals surface area (Å²) < 4.78 is 0. The molecule has 118 valence electrons. The van der Waals surface area contributed by atoms with Crippen LogP contribution in [0.5, 0.6) is 0 Å². The van der Waals surface area contributed by atoms with Crippen LogP contribution in [0.2, 0.25) is 0 Å². The summed E-state index contributed by atoms with van der Waals surface area (Å²) in [6.45, 7) is 3.65. The third-order valence-electron chi connectivity index (χ3n) is 4.05. The molecule has 1 amide bonds. The molecule has 0 radical (unpaired) electrons. The van der Waals surface area contributed by atoms with Crippen molar-refractivity contribution >= 4 is 28.6 Å². The number of hydrogen-bond acceptors (Lipinski definition) is 5. The van der Waals surface area contributed by atoms with Crippen molar-refractivity contribution in [1.29, 1.82) is 5.26 Å². The first-order valence-corrected chi connectivity index (χ1v) is 8.59. The number of thioether (sulfide) groups is 1. The highest BCUT2D eigenvalue weighted by Crippen LogP contribution is 2.39. The molecule has 1 aliphatic carbocycles. The molecule has 1 atom stereocenters. The van der Waals surface area contributed by atoms with Gasteiger partial charge in [-0.3, -0.25) is 4.79 Å². The van der Waals surface area contributed by atoms with E-state index in [0.717, 1.165) is 28.8 Å². The number of nitrogens with one attached hydrogen (secondary N) is 1. The Morgan fingerprint density at radius 3 is 2.87 bits per heavy atom. The maximum absolute atomic E-state index is 12.2. The maximum Gasteiger partial charge on any atom is 0.231 e. The van der Waals surface area contributed by atoms with Crippen LogP contribution in [-0.4, -0.2) is 27.2 Å². The van der Waals surface area contributed by atoms with Crippen molar-refractivity contribution in [2.45, 2.75) is 37.3 Å². The van der Waals surface area contributed by atoms with Crippen LogP contribution in [0.15, 0.2) is 29.3 Å². The average Bonchev–Trinajstić information content (AvgIpc) is 3.37. The minimum Gasteiger partial charge on any atom is -0.337 e. The van der Waals surface area contributed by atoms with Gasteiger partial charge >= 0.3 is 0 Å². The smallest absolute Gasteiger partial charge is 0.231 e. The monoisotopic (exact) mass is 326 g/mol. The highest BCUT2D eigenvalue weighted by atomic mass is 32.2. The van der Waals surface area contributed by atoms with Gasteiger partial charge in [-0.1, -0.05) is 30.0 Å². The molecule has 3 rings (SSSR count). The van der Waals surface area contributed by atoms with E-state index in [4.69, 9.17) is 0 Å². The number of benzene rings is 1. The van der Waals surface area contributed by atoms with Crippen molar-refractivity contribution in [1.82, 2.24) is 15.3 Å². The van der Waals surface area contributed by atoms with Crippen LogP contribution >= 0.6 is 11.8 Å². The van der Waals surface area contributed by atoms with Gasteiger partial charge in [0.25, 0.3) is 0 Å². The van der Waals surface area contributed by atoms with E-state index < -0.39 is 5.54 Å². The first-order chi connectivity index (χ1) is 11.0. The Kier molecular flexibility index (Phi) is 4.22. The van der Waals surface area contributed by atoms with Gasteiger partial charge in [0.15, 0.2) is 0 Å². The Balaban J connectivity index is 1.71. The fourth-order valence-corrected chi connectivity index (χ4v) is 3.47. The molecule has 0 aliphatic heterocycles. The molecular weight excluding hydrogens is 308 g/mol. The minimum absolute atomic E-state index is 0.133. The SMILES string of the molecule is Cc1nc(SCC(=O)N[C@@](C)(C#N)C2CC2)c2ccccc2n1. The molecule has 23 heavy (non-hydrogen) atoms. The molecular formula is C17H18N4OS. The van der Waals surface area contributed by atoms with Crippen molar-refractivity contribution in [3.05, 3.63) is 30.1 Å². The predicted molar refractivity (Wildman–Crippen MR) is 89.9 cm³/mol. The topological polar surface area (TPSA) is 78.7 Å². The quantitative estimate of drug-likeness (QED) is 0.675. The fourth-order valence-electron chi connectivity index (χ4n) is 2.61. The highest BCUT2D eigenvalue weighted by molar-refractivity contribution is 8.00. The predicted octanol–water partition coefficient (Wildman–Crippen LogP) is 2.84. The van der Waals surface area contributed by atoms with Gasteiger partial charge in [0.05, 0.1) is 17.3 Å². The third kappa shape index (κ3) is 3.45. The summed E-state index contributed by atoms with van der Waals surface area (Å²) in [4.78, 5) is 21.1. The molecule has 0 spiro atoms. The number of nitriles is 1. The standard InChI is InChI=1S/C17H18N4OS/c1-11-19-14-6-4-3-5-13(14)16(20-11)23-9-15(22)21-17(2,10-18)12-7-8-12/h3-6,12H,7-9H2,1-2H3,(H,21,22)/t17-/m0/s1. The number of carbonyl (C=O) groups excluding carboxylic acids is 1. The van der Waals surface area contributed by atoms with Crippen LogP contribution < -0.4 is 5.32 Å². The zero-order valence-electron chi connectivity index (χ0n) is 13.2. The Hall–Kier alpha value is -2.13. The van der Waals surface area contributed by atoms with Crippen molar-refractivity contribution in [3.8, 4) is 6.07 Å². The lowest BCUT2D eigenvalue weighted by Gasteiger charge is -2.22. The molecule has 1 heterocycles. The minimum atomic E-state index is -0.749. The van der Waals surface area contributed by atoms with Crippen molar-refractivity contribution < 1.29 is 4.79 Å². The second-order valence-corrected chi connectivity index (χ2v) is 6.98. The summed E-state index contributed by atoms with van der Waals surface area (Å²) in [5.41, 5.74) is 0.129. The summed E-state index contributed by atoms with van der Waals surface area (Å²) in [7, 11) is 0. The number of aryl methyl sites for hydroxylation is 1. The molecule has 1 aliphatic rings. The number of carbonyl (C=O) groups is 1. The van der Waals surface area contributed by atoms with Gasteiger partial charge in [0.1, 0.15) is 16.4 Å². The molecule has 1 aromatic carbocycles. The molecule has 0 unspecified atom stereocenters.